The summed E-state index contributed by atoms with van der Waals surface area (Å²) in [5, 5.41) is 0. The summed E-state index contributed by atoms with van der Waals surface area (Å²) in [6.07, 6.45) is 0.533. The molecule has 0 aromatic heterocycles. The Kier molecular flexibility index (Phi) is 5.80. The van der Waals surface area contributed by atoms with Gasteiger partial charge in [0, 0.05) is 26.2 Å². The quantitative estimate of drug-likeness (QED) is 0.720. The summed E-state index contributed by atoms with van der Waals surface area (Å²) in [5.74, 6) is -0.240. The third kappa shape index (κ3) is 5.00. The van der Waals surface area contributed by atoms with E-state index in [0.29, 0.717) is 19.6 Å². The van der Waals surface area contributed by atoms with Crippen molar-refractivity contribution in [3.63, 3.8) is 0 Å². The molecular weight excluding hydrogens is 260 g/mol. The minimum atomic E-state index is -0.484. The fourth-order valence-corrected chi connectivity index (χ4v) is 2.15. The Morgan fingerprint density at radius 1 is 1.10 bits per heavy atom. The molecule has 1 aliphatic rings. The number of rotatable bonds is 2. The van der Waals surface area contributed by atoms with Crippen LogP contribution < -0.4 is 0 Å². The Balaban J connectivity index is 2.55. The van der Waals surface area contributed by atoms with Gasteiger partial charge in [0.1, 0.15) is 11.6 Å². The molecule has 0 aliphatic carbocycles. The molecular formula is C14H26N2O4. The molecule has 1 heterocycles. The number of methoxy groups -OCH3 is 1. The summed E-state index contributed by atoms with van der Waals surface area (Å²) in [6, 6.07) is -0.279. The van der Waals surface area contributed by atoms with Crippen molar-refractivity contribution in [2.24, 2.45) is 0 Å². The van der Waals surface area contributed by atoms with Gasteiger partial charge in [0.05, 0.1) is 7.11 Å². The number of hydrogen-bond donors (Lipinski definition) is 0. The first kappa shape index (κ1) is 16.8. The second-order valence-corrected chi connectivity index (χ2v) is 6.06. The molecule has 6 heteroatoms. The van der Waals surface area contributed by atoms with Gasteiger partial charge in [0.25, 0.3) is 0 Å². The third-order valence-electron chi connectivity index (χ3n) is 3.27. The van der Waals surface area contributed by atoms with Crippen LogP contribution in [0.1, 0.15) is 34.1 Å². The number of ether oxygens (including phenoxy) is 2. The SMILES string of the molecule is COC(=O)C(C)N1CCCN(C(=O)OC(C)(C)C)CC1. The van der Waals surface area contributed by atoms with Crippen LogP contribution in [0, 0.1) is 0 Å². The van der Waals surface area contributed by atoms with E-state index in [9.17, 15) is 9.59 Å². The van der Waals surface area contributed by atoms with Gasteiger partial charge in [0.2, 0.25) is 0 Å². The summed E-state index contributed by atoms with van der Waals surface area (Å²) >= 11 is 0. The molecule has 0 radical (unpaired) electrons. The molecule has 0 aromatic carbocycles. The van der Waals surface area contributed by atoms with Crippen molar-refractivity contribution in [1.82, 2.24) is 9.80 Å². The maximum Gasteiger partial charge on any atom is 0.410 e. The van der Waals surface area contributed by atoms with Crippen LogP contribution in [0.3, 0.4) is 0 Å². The van der Waals surface area contributed by atoms with E-state index in [2.05, 4.69) is 0 Å². The molecule has 0 saturated carbocycles. The van der Waals surface area contributed by atoms with Crippen LogP contribution in [0.15, 0.2) is 0 Å². The smallest absolute Gasteiger partial charge is 0.410 e. The summed E-state index contributed by atoms with van der Waals surface area (Å²) in [4.78, 5) is 27.3. The average molecular weight is 286 g/mol. The van der Waals surface area contributed by atoms with Crippen LogP contribution in [0.5, 0.6) is 0 Å². The zero-order valence-corrected chi connectivity index (χ0v) is 13.1. The van der Waals surface area contributed by atoms with Gasteiger partial charge in [-0.25, -0.2) is 4.79 Å². The molecule has 1 atom stereocenters. The van der Waals surface area contributed by atoms with Crippen molar-refractivity contribution in [3.8, 4) is 0 Å². The fourth-order valence-electron chi connectivity index (χ4n) is 2.15. The van der Waals surface area contributed by atoms with Crippen LogP contribution in [0.2, 0.25) is 0 Å². The lowest BCUT2D eigenvalue weighted by Crippen LogP contribution is -2.43. The van der Waals surface area contributed by atoms with Gasteiger partial charge < -0.3 is 14.4 Å². The van der Waals surface area contributed by atoms with Crippen LogP contribution in [-0.4, -0.2) is 66.8 Å². The van der Waals surface area contributed by atoms with E-state index in [0.717, 1.165) is 13.0 Å². The third-order valence-corrected chi connectivity index (χ3v) is 3.27. The molecule has 1 aliphatic heterocycles. The highest BCUT2D eigenvalue weighted by atomic mass is 16.6. The number of nitrogens with zero attached hydrogens (tertiary/aromatic N) is 2. The topological polar surface area (TPSA) is 59.1 Å². The fraction of sp³-hybridized carbons (Fsp3) is 0.857. The monoisotopic (exact) mass is 286 g/mol. The molecule has 1 amide bonds. The van der Waals surface area contributed by atoms with Crippen molar-refractivity contribution < 1.29 is 19.1 Å². The first-order chi connectivity index (χ1) is 9.24. The molecule has 1 unspecified atom stereocenters. The predicted octanol–water partition coefficient (Wildman–Crippen LogP) is 1.49. The van der Waals surface area contributed by atoms with Gasteiger partial charge in [-0.1, -0.05) is 0 Å². The van der Waals surface area contributed by atoms with Crippen molar-refractivity contribution in [2.75, 3.05) is 33.3 Å². The minimum Gasteiger partial charge on any atom is -0.468 e. The maximum atomic E-state index is 12.0. The summed E-state index contributed by atoms with van der Waals surface area (Å²) < 4.78 is 10.1. The van der Waals surface area contributed by atoms with E-state index in [4.69, 9.17) is 9.47 Å². The molecule has 0 spiro atoms. The van der Waals surface area contributed by atoms with Crippen molar-refractivity contribution >= 4 is 12.1 Å². The number of carbonyl (C=O) groups is 2. The molecule has 1 fully saturated rings. The van der Waals surface area contributed by atoms with Gasteiger partial charge in [-0.05, 0) is 34.1 Å². The lowest BCUT2D eigenvalue weighted by molar-refractivity contribution is -0.146. The molecule has 116 valence electrons. The van der Waals surface area contributed by atoms with Crippen molar-refractivity contribution in [2.45, 2.75) is 45.8 Å². The Labute approximate surface area is 121 Å². The Bertz CT molecular complexity index is 352. The van der Waals surface area contributed by atoms with E-state index >= 15 is 0 Å². The lowest BCUT2D eigenvalue weighted by atomic mass is 10.2. The van der Waals surface area contributed by atoms with Crippen molar-refractivity contribution in [3.05, 3.63) is 0 Å². The Morgan fingerprint density at radius 2 is 1.75 bits per heavy atom. The highest BCUT2D eigenvalue weighted by Gasteiger charge is 2.28. The molecule has 20 heavy (non-hydrogen) atoms. The maximum absolute atomic E-state index is 12.0. The summed E-state index contributed by atoms with van der Waals surface area (Å²) in [7, 11) is 1.39. The average Bonchev–Trinajstić information content (AvgIpc) is 2.60. The summed E-state index contributed by atoms with van der Waals surface area (Å²) in [5.41, 5.74) is -0.484. The van der Waals surface area contributed by atoms with E-state index in [1.165, 1.54) is 7.11 Å². The van der Waals surface area contributed by atoms with Gasteiger partial charge in [-0.2, -0.15) is 0 Å². The van der Waals surface area contributed by atoms with E-state index in [1.54, 1.807) is 4.90 Å². The summed E-state index contributed by atoms with van der Waals surface area (Å²) in [6.45, 7) is 10.0. The lowest BCUT2D eigenvalue weighted by Gasteiger charge is -2.27. The highest BCUT2D eigenvalue weighted by molar-refractivity contribution is 5.75. The van der Waals surface area contributed by atoms with E-state index < -0.39 is 5.60 Å². The van der Waals surface area contributed by atoms with Gasteiger partial charge in [0.15, 0.2) is 0 Å². The zero-order valence-electron chi connectivity index (χ0n) is 13.1. The second-order valence-electron chi connectivity index (χ2n) is 6.06. The standard InChI is InChI=1S/C14H26N2O4/c1-11(12(17)19-5)15-7-6-8-16(10-9-15)13(18)20-14(2,3)4/h11H,6-10H2,1-5H3. The van der Waals surface area contributed by atoms with Gasteiger partial charge in [-0.3, -0.25) is 9.69 Å². The first-order valence-corrected chi connectivity index (χ1v) is 7.04. The highest BCUT2D eigenvalue weighted by Crippen LogP contribution is 2.13. The van der Waals surface area contributed by atoms with Crippen LogP contribution in [0.4, 0.5) is 4.79 Å². The zero-order chi connectivity index (χ0) is 15.3. The van der Waals surface area contributed by atoms with Gasteiger partial charge >= 0.3 is 12.1 Å². The number of carbonyl (C=O) groups excluding carboxylic acids is 2. The van der Waals surface area contributed by atoms with Crippen LogP contribution in [-0.2, 0) is 14.3 Å². The number of amides is 1. The Hall–Kier alpha value is -1.30. The van der Waals surface area contributed by atoms with Gasteiger partial charge in [-0.15, -0.1) is 0 Å². The largest absolute Gasteiger partial charge is 0.468 e. The van der Waals surface area contributed by atoms with E-state index in [-0.39, 0.29) is 18.1 Å². The number of hydrogen-bond acceptors (Lipinski definition) is 5. The first-order valence-electron chi connectivity index (χ1n) is 7.04. The molecule has 0 aromatic rings. The Morgan fingerprint density at radius 3 is 2.30 bits per heavy atom. The normalized spacial score (nSPS) is 19.1. The number of esters is 1. The van der Waals surface area contributed by atoms with Crippen molar-refractivity contribution in [1.29, 1.82) is 0 Å². The molecule has 0 bridgehead atoms. The molecule has 1 saturated heterocycles. The minimum absolute atomic E-state index is 0.240. The predicted molar refractivity (Wildman–Crippen MR) is 75.5 cm³/mol. The molecule has 1 rings (SSSR count). The van der Waals surface area contributed by atoms with Crippen LogP contribution >= 0.6 is 0 Å². The second kappa shape index (κ2) is 6.92. The molecule has 0 N–H and O–H groups in total. The molecule has 6 nitrogen and oxygen atoms in total. The van der Waals surface area contributed by atoms with Crippen LogP contribution in [0.25, 0.3) is 0 Å². The van der Waals surface area contributed by atoms with E-state index in [1.807, 2.05) is 32.6 Å².